The fourth-order valence-corrected chi connectivity index (χ4v) is 2.32. The molecular weight excluding hydrogens is 298 g/mol. The van der Waals surface area contributed by atoms with Gasteiger partial charge >= 0.3 is 6.03 Å². The van der Waals surface area contributed by atoms with Gasteiger partial charge in [0.2, 0.25) is 0 Å². The lowest BCUT2D eigenvalue weighted by Gasteiger charge is -2.08. The van der Waals surface area contributed by atoms with Crippen LogP contribution in [-0.4, -0.2) is 18.3 Å². The van der Waals surface area contributed by atoms with E-state index in [-0.39, 0.29) is 5.69 Å². The molecule has 1 heterocycles. The molecule has 0 saturated heterocycles. The van der Waals surface area contributed by atoms with Crippen molar-refractivity contribution >= 4 is 23.5 Å². The van der Waals surface area contributed by atoms with E-state index in [0.29, 0.717) is 12.3 Å². The van der Waals surface area contributed by atoms with Gasteiger partial charge in [0.1, 0.15) is 17.4 Å². The number of hydrogen-bond donors (Lipinski definition) is 2. The minimum atomic E-state index is -0.682. The van der Waals surface area contributed by atoms with Crippen LogP contribution >= 0.6 is 11.8 Å². The van der Waals surface area contributed by atoms with Gasteiger partial charge in [0.25, 0.3) is 0 Å². The molecule has 2 amide bonds. The molecule has 0 aliphatic carbocycles. The Labute approximate surface area is 124 Å². The summed E-state index contributed by atoms with van der Waals surface area (Å²) in [6.07, 6.45) is 1.61. The third-order valence-electron chi connectivity index (χ3n) is 2.53. The number of anilines is 1. The maximum atomic E-state index is 13.3. The number of amides is 2. The molecule has 0 radical (unpaired) electrons. The fraction of sp³-hybridized carbons (Fsp3) is 0.214. The molecule has 0 atom stereocenters. The van der Waals surface area contributed by atoms with Gasteiger partial charge in [-0.3, -0.25) is 0 Å². The second kappa shape index (κ2) is 7.68. The van der Waals surface area contributed by atoms with Crippen molar-refractivity contribution in [2.24, 2.45) is 0 Å². The number of thioether (sulfide) groups is 1. The van der Waals surface area contributed by atoms with E-state index < -0.39 is 17.7 Å². The lowest BCUT2D eigenvalue weighted by molar-refractivity contribution is 0.252. The van der Waals surface area contributed by atoms with E-state index >= 15 is 0 Å². The summed E-state index contributed by atoms with van der Waals surface area (Å²) in [4.78, 5) is 11.5. The Morgan fingerprint density at radius 2 is 2.14 bits per heavy atom. The molecule has 4 nitrogen and oxygen atoms in total. The number of benzene rings is 1. The van der Waals surface area contributed by atoms with Crippen LogP contribution in [0.5, 0.6) is 0 Å². The Morgan fingerprint density at radius 1 is 1.29 bits per heavy atom. The summed E-state index contributed by atoms with van der Waals surface area (Å²) in [6.45, 7) is 0.411. The van der Waals surface area contributed by atoms with Crippen LogP contribution in [0.4, 0.5) is 19.3 Å². The molecule has 0 unspecified atom stereocenters. The van der Waals surface area contributed by atoms with E-state index in [9.17, 15) is 13.6 Å². The molecule has 112 valence electrons. The summed E-state index contributed by atoms with van der Waals surface area (Å²) >= 11 is 1.59. The largest absolute Gasteiger partial charge is 0.468 e. The predicted octanol–water partition coefficient (Wildman–Crippen LogP) is 3.61. The Morgan fingerprint density at radius 3 is 2.90 bits per heavy atom. The number of halogens is 2. The molecule has 0 bridgehead atoms. The van der Waals surface area contributed by atoms with E-state index in [1.165, 1.54) is 0 Å². The maximum absolute atomic E-state index is 13.3. The molecular formula is C14H14F2N2O2S. The van der Waals surface area contributed by atoms with Gasteiger partial charge in [0.05, 0.1) is 17.7 Å². The minimum absolute atomic E-state index is 0.185. The maximum Gasteiger partial charge on any atom is 0.319 e. The van der Waals surface area contributed by atoms with Crippen LogP contribution in [0.15, 0.2) is 41.0 Å². The van der Waals surface area contributed by atoms with Crippen molar-refractivity contribution in [1.29, 1.82) is 0 Å². The highest BCUT2D eigenvalue weighted by atomic mass is 32.2. The van der Waals surface area contributed by atoms with Gasteiger partial charge in [-0.2, -0.15) is 11.8 Å². The van der Waals surface area contributed by atoms with E-state index in [1.54, 1.807) is 18.0 Å². The summed E-state index contributed by atoms with van der Waals surface area (Å²) in [5, 5.41) is 4.83. The molecule has 1 aromatic carbocycles. The second-order valence-corrected chi connectivity index (χ2v) is 5.24. The van der Waals surface area contributed by atoms with Crippen molar-refractivity contribution in [2.75, 3.05) is 17.6 Å². The van der Waals surface area contributed by atoms with Crippen molar-refractivity contribution in [2.45, 2.75) is 5.75 Å². The van der Waals surface area contributed by atoms with Gasteiger partial charge in [0.15, 0.2) is 0 Å². The Kier molecular flexibility index (Phi) is 5.62. The van der Waals surface area contributed by atoms with Crippen LogP contribution in [0.1, 0.15) is 5.76 Å². The molecule has 0 saturated carbocycles. The third-order valence-corrected chi connectivity index (χ3v) is 3.51. The number of urea groups is 1. The van der Waals surface area contributed by atoms with Gasteiger partial charge in [-0.25, -0.2) is 13.6 Å². The highest BCUT2D eigenvalue weighted by molar-refractivity contribution is 7.98. The van der Waals surface area contributed by atoms with Crippen molar-refractivity contribution < 1.29 is 18.0 Å². The van der Waals surface area contributed by atoms with Crippen molar-refractivity contribution in [3.05, 3.63) is 54.0 Å². The van der Waals surface area contributed by atoms with Crippen LogP contribution in [0.3, 0.4) is 0 Å². The third kappa shape index (κ3) is 5.11. The van der Waals surface area contributed by atoms with Gasteiger partial charge in [-0.15, -0.1) is 0 Å². The van der Waals surface area contributed by atoms with Crippen LogP contribution in [0, 0.1) is 11.6 Å². The topological polar surface area (TPSA) is 54.3 Å². The summed E-state index contributed by atoms with van der Waals surface area (Å²) in [6, 6.07) is 6.00. The summed E-state index contributed by atoms with van der Waals surface area (Å²) < 4.78 is 31.4. The molecule has 0 aliphatic rings. The first-order chi connectivity index (χ1) is 10.1. The summed E-state index contributed by atoms with van der Waals surface area (Å²) in [5.74, 6) is 0.972. The van der Waals surface area contributed by atoms with Crippen molar-refractivity contribution in [3.8, 4) is 0 Å². The van der Waals surface area contributed by atoms with E-state index in [4.69, 9.17) is 4.42 Å². The predicted molar refractivity (Wildman–Crippen MR) is 78.2 cm³/mol. The quantitative estimate of drug-likeness (QED) is 0.801. The van der Waals surface area contributed by atoms with Gasteiger partial charge in [-0.1, -0.05) is 0 Å². The lowest BCUT2D eigenvalue weighted by atomic mass is 10.3. The molecule has 7 heteroatoms. The normalized spacial score (nSPS) is 10.4. The zero-order valence-corrected chi connectivity index (χ0v) is 11.9. The first kappa shape index (κ1) is 15.4. The average molecular weight is 312 g/mol. The Balaban J connectivity index is 1.66. The lowest BCUT2D eigenvalue weighted by Crippen LogP contribution is -2.30. The molecule has 0 spiro atoms. The number of carbonyl (C=O) groups is 1. The number of rotatable bonds is 6. The second-order valence-electron chi connectivity index (χ2n) is 4.14. The standard InChI is InChI=1S/C14H14F2N2O2S/c15-10-3-4-12(16)13(8-10)18-14(19)17-5-7-21-9-11-2-1-6-20-11/h1-4,6,8H,5,7,9H2,(H2,17,18,19). The Bertz CT molecular complexity index is 591. The number of hydrogen-bond acceptors (Lipinski definition) is 3. The molecule has 2 aromatic rings. The van der Waals surface area contributed by atoms with Crippen LogP contribution < -0.4 is 10.6 Å². The first-order valence-corrected chi connectivity index (χ1v) is 7.40. The summed E-state index contributed by atoms with van der Waals surface area (Å²) in [7, 11) is 0. The van der Waals surface area contributed by atoms with Crippen molar-refractivity contribution in [1.82, 2.24) is 5.32 Å². The zero-order chi connectivity index (χ0) is 15.1. The molecule has 21 heavy (non-hydrogen) atoms. The Hall–Kier alpha value is -2.02. The van der Waals surface area contributed by atoms with Gasteiger partial charge < -0.3 is 15.1 Å². The van der Waals surface area contributed by atoms with Gasteiger partial charge in [0, 0.05) is 18.4 Å². The van der Waals surface area contributed by atoms with Crippen molar-refractivity contribution in [3.63, 3.8) is 0 Å². The molecule has 0 aliphatic heterocycles. The fourth-order valence-electron chi connectivity index (χ4n) is 1.56. The number of nitrogens with one attached hydrogen (secondary N) is 2. The SMILES string of the molecule is O=C(NCCSCc1ccco1)Nc1cc(F)ccc1F. The monoisotopic (exact) mass is 312 g/mol. The van der Waals surface area contributed by atoms with E-state index in [1.807, 2.05) is 12.1 Å². The highest BCUT2D eigenvalue weighted by Crippen LogP contribution is 2.15. The van der Waals surface area contributed by atoms with Crippen LogP contribution in [0.2, 0.25) is 0 Å². The van der Waals surface area contributed by atoms with Crippen LogP contribution in [-0.2, 0) is 5.75 Å². The summed E-state index contributed by atoms with van der Waals surface area (Å²) in [5.41, 5.74) is -0.185. The van der Waals surface area contributed by atoms with Crippen LogP contribution in [0.25, 0.3) is 0 Å². The van der Waals surface area contributed by atoms with E-state index in [2.05, 4.69) is 10.6 Å². The highest BCUT2D eigenvalue weighted by Gasteiger charge is 2.07. The molecule has 2 rings (SSSR count). The molecule has 1 aromatic heterocycles. The minimum Gasteiger partial charge on any atom is -0.468 e. The van der Waals surface area contributed by atoms with E-state index in [0.717, 1.165) is 29.7 Å². The van der Waals surface area contributed by atoms with Gasteiger partial charge in [-0.05, 0) is 24.3 Å². The number of furan rings is 1. The average Bonchev–Trinajstić information content (AvgIpc) is 2.96. The first-order valence-electron chi connectivity index (χ1n) is 6.25. The zero-order valence-electron chi connectivity index (χ0n) is 11.1. The smallest absolute Gasteiger partial charge is 0.319 e. The number of carbonyl (C=O) groups excluding carboxylic acids is 1. The molecule has 2 N–H and O–H groups in total. The molecule has 0 fully saturated rings.